The van der Waals surface area contributed by atoms with E-state index in [1.165, 1.54) is 18.9 Å². The van der Waals surface area contributed by atoms with E-state index in [4.69, 9.17) is 0 Å². The third-order valence-electron chi connectivity index (χ3n) is 3.19. The Bertz CT molecular complexity index is 578. The zero-order chi connectivity index (χ0) is 13.2. The van der Waals surface area contributed by atoms with Crippen LogP contribution in [0.25, 0.3) is 0 Å². The Labute approximate surface area is 119 Å². The van der Waals surface area contributed by atoms with Crippen LogP contribution in [0.15, 0.2) is 34.9 Å². The van der Waals surface area contributed by atoms with Crippen LogP contribution in [0.5, 0.6) is 0 Å². The van der Waals surface area contributed by atoms with Crippen LogP contribution >= 0.6 is 15.9 Å². The lowest BCUT2D eigenvalue weighted by Crippen LogP contribution is -2.16. The lowest BCUT2D eigenvalue weighted by Gasteiger charge is -2.04. The summed E-state index contributed by atoms with van der Waals surface area (Å²) in [5.74, 6) is -0.198. The Morgan fingerprint density at radius 2 is 2.21 bits per heavy atom. The van der Waals surface area contributed by atoms with Crippen LogP contribution in [-0.2, 0) is 13.1 Å². The van der Waals surface area contributed by atoms with E-state index in [1.54, 1.807) is 16.8 Å². The number of rotatable bonds is 5. The summed E-state index contributed by atoms with van der Waals surface area (Å²) >= 11 is 3.36. The molecule has 5 heteroatoms. The number of nitrogens with one attached hydrogen (secondary N) is 1. The highest BCUT2D eigenvalue weighted by atomic mass is 79.9. The van der Waals surface area contributed by atoms with E-state index in [1.807, 2.05) is 12.3 Å². The first kappa shape index (κ1) is 12.8. The molecule has 1 heterocycles. The Kier molecular flexibility index (Phi) is 3.66. The number of nitrogens with zero attached hydrogens (tertiary/aromatic N) is 2. The van der Waals surface area contributed by atoms with Crippen LogP contribution in [0.1, 0.15) is 24.1 Å². The van der Waals surface area contributed by atoms with E-state index in [0.29, 0.717) is 18.2 Å². The van der Waals surface area contributed by atoms with E-state index in [9.17, 15) is 4.39 Å². The van der Waals surface area contributed by atoms with Gasteiger partial charge in [0.2, 0.25) is 0 Å². The minimum atomic E-state index is -0.198. The second-order valence-corrected chi connectivity index (χ2v) is 5.81. The van der Waals surface area contributed by atoms with Crippen molar-refractivity contribution < 1.29 is 4.39 Å². The average Bonchev–Trinajstić information content (AvgIpc) is 3.12. The highest BCUT2D eigenvalue weighted by Gasteiger charge is 2.20. The van der Waals surface area contributed by atoms with Gasteiger partial charge in [-0.3, -0.25) is 4.68 Å². The molecule has 0 saturated heterocycles. The molecule has 1 aliphatic carbocycles. The third kappa shape index (κ3) is 3.42. The third-order valence-corrected chi connectivity index (χ3v) is 3.68. The van der Waals surface area contributed by atoms with Crippen LogP contribution in [0, 0.1) is 5.82 Å². The quantitative estimate of drug-likeness (QED) is 0.916. The largest absolute Gasteiger partial charge is 0.308 e. The molecule has 1 aromatic carbocycles. The average molecular weight is 324 g/mol. The number of hydrogen-bond acceptors (Lipinski definition) is 2. The Hall–Kier alpha value is -1.20. The first-order valence-electron chi connectivity index (χ1n) is 6.40. The molecule has 0 atom stereocenters. The van der Waals surface area contributed by atoms with Crippen molar-refractivity contribution in [3.63, 3.8) is 0 Å². The predicted molar refractivity (Wildman–Crippen MR) is 75.3 cm³/mol. The van der Waals surface area contributed by atoms with E-state index in [2.05, 4.69) is 26.3 Å². The van der Waals surface area contributed by atoms with Gasteiger partial charge in [0, 0.05) is 28.8 Å². The molecule has 100 valence electrons. The van der Waals surface area contributed by atoms with E-state index >= 15 is 0 Å². The molecule has 0 bridgehead atoms. The Balaban J connectivity index is 1.66. The minimum absolute atomic E-state index is 0.198. The van der Waals surface area contributed by atoms with Gasteiger partial charge >= 0.3 is 0 Å². The topological polar surface area (TPSA) is 29.9 Å². The van der Waals surface area contributed by atoms with Crippen molar-refractivity contribution in [3.8, 4) is 0 Å². The number of aromatic nitrogens is 2. The molecule has 2 aromatic rings. The van der Waals surface area contributed by atoms with Gasteiger partial charge in [-0.1, -0.05) is 15.9 Å². The Morgan fingerprint density at radius 3 is 3.00 bits per heavy atom. The van der Waals surface area contributed by atoms with Gasteiger partial charge in [0.15, 0.2) is 0 Å². The maximum atomic E-state index is 13.6. The summed E-state index contributed by atoms with van der Waals surface area (Å²) in [5.41, 5.74) is 1.64. The summed E-state index contributed by atoms with van der Waals surface area (Å²) in [7, 11) is 0. The molecule has 1 saturated carbocycles. The summed E-state index contributed by atoms with van der Waals surface area (Å²) in [5, 5.41) is 7.86. The number of benzene rings is 1. The highest BCUT2D eigenvalue weighted by Crippen LogP contribution is 2.19. The monoisotopic (exact) mass is 323 g/mol. The second kappa shape index (κ2) is 5.43. The SMILES string of the molecule is Fc1ccc(Br)cc1Cn1ccc(CNC2CC2)n1. The molecule has 3 nitrogen and oxygen atoms in total. The lowest BCUT2D eigenvalue weighted by atomic mass is 10.2. The predicted octanol–water partition coefficient (Wildman–Crippen LogP) is 3.09. The number of halogens is 2. The highest BCUT2D eigenvalue weighted by molar-refractivity contribution is 9.10. The van der Waals surface area contributed by atoms with Crippen molar-refractivity contribution in [2.75, 3.05) is 0 Å². The molecule has 1 aromatic heterocycles. The van der Waals surface area contributed by atoms with Gasteiger partial charge in [-0.2, -0.15) is 5.10 Å². The minimum Gasteiger partial charge on any atom is -0.308 e. The molecule has 0 spiro atoms. The van der Waals surface area contributed by atoms with Gasteiger partial charge < -0.3 is 5.32 Å². The smallest absolute Gasteiger partial charge is 0.128 e. The fourth-order valence-electron chi connectivity index (χ4n) is 1.96. The van der Waals surface area contributed by atoms with Gasteiger partial charge in [0.1, 0.15) is 5.82 Å². The van der Waals surface area contributed by atoms with Crippen molar-refractivity contribution >= 4 is 15.9 Å². The standard InChI is InChI=1S/C14H15BrFN3/c15-11-1-4-14(16)10(7-11)9-19-6-5-13(18-19)8-17-12-2-3-12/h1,4-7,12,17H,2-3,8-9H2. The van der Waals surface area contributed by atoms with Gasteiger partial charge in [0.05, 0.1) is 12.2 Å². The van der Waals surface area contributed by atoms with Crippen LogP contribution in [-0.4, -0.2) is 15.8 Å². The maximum absolute atomic E-state index is 13.6. The molecule has 0 unspecified atom stereocenters. The summed E-state index contributed by atoms with van der Waals surface area (Å²) < 4.78 is 16.3. The number of hydrogen-bond donors (Lipinski definition) is 1. The first-order valence-corrected chi connectivity index (χ1v) is 7.19. The molecular formula is C14H15BrFN3. The van der Waals surface area contributed by atoms with Crippen LogP contribution in [0.4, 0.5) is 4.39 Å². The van der Waals surface area contributed by atoms with Crippen molar-refractivity contribution in [1.29, 1.82) is 0 Å². The lowest BCUT2D eigenvalue weighted by molar-refractivity contribution is 0.578. The van der Waals surface area contributed by atoms with Crippen molar-refractivity contribution in [3.05, 3.63) is 52.0 Å². The molecular weight excluding hydrogens is 309 g/mol. The van der Waals surface area contributed by atoms with E-state index < -0.39 is 0 Å². The molecule has 19 heavy (non-hydrogen) atoms. The zero-order valence-corrected chi connectivity index (χ0v) is 12.0. The van der Waals surface area contributed by atoms with Crippen LogP contribution in [0.3, 0.4) is 0 Å². The normalized spacial score (nSPS) is 14.8. The van der Waals surface area contributed by atoms with Gasteiger partial charge in [0.25, 0.3) is 0 Å². The Morgan fingerprint density at radius 1 is 1.37 bits per heavy atom. The van der Waals surface area contributed by atoms with Gasteiger partial charge in [-0.25, -0.2) is 4.39 Å². The fourth-order valence-corrected chi connectivity index (χ4v) is 2.37. The summed E-state index contributed by atoms with van der Waals surface area (Å²) in [6.07, 6.45) is 4.43. The zero-order valence-electron chi connectivity index (χ0n) is 10.4. The van der Waals surface area contributed by atoms with Crippen molar-refractivity contribution in [1.82, 2.24) is 15.1 Å². The van der Waals surface area contributed by atoms with Crippen LogP contribution < -0.4 is 5.32 Å². The van der Waals surface area contributed by atoms with E-state index in [-0.39, 0.29) is 5.82 Å². The molecule has 1 aliphatic rings. The molecule has 0 aliphatic heterocycles. The molecule has 0 radical (unpaired) electrons. The first-order chi connectivity index (χ1) is 9.20. The molecule has 3 rings (SSSR count). The van der Waals surface area contributed by atoms with Gasteiger partial charge in [-0.05, 0) is 37.1 Å². The maximum Gasteiger partial charge on any atom is 0.128 e. The van der Waals surface area contributed by atoms with E-state index in [0.717, 1.165) is 16.7 Å². The molecule has 1 fully saturated rings. The van der Waals surface area contributed by atoms with Crippen molar-refractivity contribution in [2.45, 2.75) is 32.0 Å². The summed E-state index contributed by atoms with van der Waals surface area (Å²) in [6, 6.07) is 7.61. The molecule has 1 N–H and O–H groups in total. The molecule has 0 amide bonds. The summed E-state index contributed by atoms with van der Waals surface area (Å²) in [6.45, 7) is 1.24. The van der Waals surface area contributed by atoms with Crippen molar-refractivity contribution in [2.24, 2.45) is 0 Å². The second-order valence-electron chi connectivity index (χ2n) is 4.90. The van der Waals surface area contributed by atoms with Crippen LogP contribution in [0.2, 0.25) is 0 Å². The fraction of sp³-hybridized carbons (Fsp3) is 0.357. The van der Waals surface area contributed by atoms with Gasteiger partial charge in [-0.15, -0.1) is 0 Å². The summed E-state index contributed by atoms with van der Waals surface area (Å²) in [4.78, 5) is 0.